The monoisotopic (exact) mass is 322 g/mol. The summed E-state index contributed by atoms with van der Waals surface area (Å²) in [5.41, 5.74) is 6.80. The number of hydrogen-bond acceptors (Lipinski definition) is 3. The number of rotatable bonds is 3. The van der Waals surface area contributed by atoms with Crippen LogP contribution in [0.25, 0.3) is 0 Å². The number of carbonyl (C=O) groups is 1. The minimum atomic E-state index is -0.200. The summed E-state index contributed by atoms with van der Waals surface area (Å²) < 4.78 is 6.09. The molecule has 2 rings (SSSR count). The van der Waals surface area contributed by atoms with Gasteiger partial charge >= 0.3 is 0 Å². The summed E-state index contributed by atoms with van der Waals surface area (Å²) in [5.74, 6) is 1.35. The van der Waals surface area contributed by atoms with E-state index >= 15 is 0 Å². The fourth-order valence-corrected chi connectivity index (χ4v) is 2.20. The number of carbonyl (C=O) groups excluding carboxylic acids is 1. The van der Waals surface area contributed by atoms with E-state index in [1.54, 1.807) is 18.2 Å². The van der Waals surface area contributed by atoms with Gasteiger partial charge in [0, 0.05) is 5.69 Å². The van der Waals surface area contributed by atoms with E-state index in [9.17, 15) is 4.79 Å². The molecule has 1 amide bonds. The number of nitrogens with one attached hydrogen (secondary N) is 1. The SMILES string of the molecule is Cc1ccc(C(C)NC(=O)c2cccc(N)c2Br)o1. The van der Waals surface area contributed by atoms with Crippen LogP contribution >= 0.6 is 15.9 Å². The molecular formula is C14H15BrN2O2. The lowest BCUT2D eigenvalue weighted by Crippen LogP contribution is -2.26. The largest absolute Gasteiger partial charge is 0.464 e. The van der Waals surface area contributed by atoms with Gasteiger partial charge in [-0.1, -0.05) is 6.07 Å². The molecule has 0 bridgehead atoms. The molecule has 19 heavy (non-hydrogen) atoms. The highest BCUT2D eigenvalue weighted by Crippen LogP contribution is 2.24. The van der Waals surface area contributed by atoms with Gasteiger partial charge in [-0.05, 0) is 54.0 Å². The van der Waals surface area contributed by atoms with Gasteiger partial charge in [0.2, 0.25) is 0 Å². The van der Waals surface area contributed by atoms with Gasteiger partial charge in [-0.15, -0.1) is 0 Å². The fourth-order valence-electron chi connectivity index (χ4n) is 1.76. The van der Waals surface area contributed by atoms with Crippen molar-refractivity contribution in [2.75, 3.05) is 5.73 Å². The van der Waals surface area contributed by atoms with Crippen molar-refractivity contribution in [3.05, 3.63) is 51.9 Å². The second kappa shape index (κ2) is 5.48. The molecule has 1 heterocycles. The van der Waals surface area contributed by atoms with Crippen molar-refractivity contribution in [1.29, 1.82) is 0 Å². The summed E-state index contributed by atoms with van der Waals surface area (Å²) in [6.07, 6.45) is 0. The number of benzene rings is 1. The Labute approximate surface area is 120 Å². The molecule has 4 nitrogen and oxygen atoms in total. The molecule has 1 unspecified atom stereocenters. The van der Waals surface area contributed by atoms with Crippen LogP contribution < -0.4 is 11.1 Å². The Morgan fingerprint density at radius 2 is 2.11 bits per heavy atom. The highest BCUT2D eigenvalue weighted by atomic mass is 79.9. The van der Waals surface area contributed by atoms with Crippen molar-refractivity contribution in [2.45, 2.75) is 19.9 Å². The van der Waals surface area contributed by atoms with E-state index in [-0.39, 0.29) is 11.9 Å². The first kappa shape index (κ1) is 13.7. The Balaban J connectivity index is 2.15. The van der Waals surface area contributed by atoms with E-state index in [0.29, 0.717) is 15.7 Å². The molecule has 0 saturated carbocycles. The number of aryl methyl sites for hydroxylation is 1. The Morgan fingerprint density at radius 1 is 1.37 bits per heavy atom. The van der Waals surface area contributed by atoms with Crippen molar-refractivity contribution in [2.24, 2.45) is 0 Å². The summed E-state index contributed by atoms with van der Waals surface area (Å²) in [7, 11) is 0. The number of hydrogen-bond donors (Lipinski definition) is 2. The molecule has 0 aliphatic heterocycles. The minimum Gasteiger partial charge on any atom is -0.464 e. The molecule has 1 aromatic heterocycles. The van der Waals surface area contributed by atoms with Crippen LogP contribution in [0.1, 0.15) is 34.8 Å². The van der Waals surface area contributed by atoms with Crippen LogP contribution in [0.3, 0.4) is 0 Å². The third-order valence-electron chi connectivity index (χ3n) is 2.81. The molecule has 1 aromatic carbocycles. The highest BCUT2D eigenvalue weighted by Gasteiger charge is 2.16. The highest BCUT2D eigenvalue weighted by molar-refractivity contribution is 9.10. The molecule has 0 saturated heterocycles. The third-order valence-corrected chi connectivity index (χ3v) is 3.69. The van der Waals surface area contributed by atoms with Crippen molar-refractivity contribution < 1.29 is 9.21 Å². The van der Waals surface area contributed by atoms with Crippen LogP contribution in [-0.2, 0) is 0 Å². The van der Waals surface area contributed by atoms with Gasteiger partial charge in [-0.2, -0.15) is 0 Å². The van der Waals surface area contributed by atoms with Crippen molar-refractivity contribution in [1.82, 2.24) is 5.32 Å². The molecule has 100 valence electrons. The molecule has 0 radical (unpaired) electrons. The predicted molar refractivity (Wildman–Crippen MR) is 77.9 cm³/mol. The number of anilines is 1. The number of halogens is 1. The van der Waals surface area contributed by atoms with Gasteiger partial charge in [0.15, 0.2) is 0 Å². The lowest BCUT2D eigenvalue weighted by atomic mass is 10.1. The number of amides is 1. The zero-order chi connectivity index (χ0) is 14.0. The average Bonchev–Trinajstić information content (AvgIpc) is 2.79. The Bertz CT molecular complexity index is 607. The van der Waals surface area contributed by atoms with Gasteiger partial charge in [-0.3, -0.25) is 4.79 Å². The molecular weight excluding hydrogens is 308 g/mol. The van der Waals surface area contributed by atoms with Crippen molar-refractivity contribution in [3.63, 3.8) is 0 Å². The van der Waals surface area contributed by atoms with Crippen LogP contribution in [0.4, 0.5) is 5.69 Å². The van der Waals surface area contributed by atoms with Gasteiger partial charge in [-0.25, -0.2) is 0 Å². The molecule has 2 aromatic rings. The summed E-state index contributed by atoms with van der Waals surface area (Å²) in [5, 5.41) is 2.88. The maximum atomic E-state index is 12.2. The third kappa shape index (κ3) is 2.98. The quantitative estimate of drug-likeness (QED) is 0.851. The van der Waals surface area contributed by atoms with Crippen LogP contribution in [-0.4, -0.2) is 5.91 Å². The van der Waals surface area contributed by atoms with E-state index in [2.05, 4.69) is 21.2 Å². The van der Waals surface area contributed by atoms with Crippen LogP contribution in [0, 0.1) is 6.92 Å². The van der Waals surface area contributed by atoms with Crippen molar-refractivity contribution >= 4 is 27.5 Å². The molecule has 0 spiro atoms. The molecule has 1 atom stereocenters. The van der Waals surface area contributed by atoms with E-state index < -0.39 is 0 Å². The van der Waals surface area contributed by atoms with Gasteiger partial charge in [0.1, 0.15) is 11.5 Å². The van der Waals surface area contributed by atoms with Gasteiger partial charge < -0.3 is 15.5 Å². The first-order chi connectivity index (χ1) is 8.99. The maximum Gasteiger partial charge on any atom is 0.253 e. The molecule has 0 aliphatic carbocycles. The maximum absolute atomic E-state index is 12.2. The van der Waals surface area contributed by atoms with E-state index in [4.69, 9.17) is 10.2 Å². The Hall–Kier alpha value is -1.75. The number of nitrogens with two attached hydrogens (primary N) is 1. The smallest absolute Gasteiger partial charge is 0.253 e. The zero-order valence-corrected chi connectivity index (χ0v) is 12.3. The second-order valence-corrected chi connectivity index (χ2v) is 5.15. The standard InChI is InChI=1S/C14H15BrN2O2/c1-8-6-7-12(19-8)9(2)17-14(18)10-4-3-5-11(16)13(10)15/h3-7,9H,16H2,1-2H3,(H,17,18). The van der Waals surface area contributed by atoms with Gasteiger partial charge in [0.25, 0.3) is 5.91 Å². The van der Waals surface area contributed by atoms with E-state index in [1.807, 2.05) is 26.0 Å². The Kier molecular flexibility index (Phi) is 3.95. The van der Waals surface area contributed by atoms with Crippen molar-refractivity contribution in [3.8, 4) is 0 Å². The van der Waals surface area contributed by atoms with Gasteiger partial charge in [0.05, 0.1) is 16.1 Å². The summed E-state index contributed by atoms with van der Waals surface area (Å²) in [4.78, 5) is 12.2. The first-order valence-corrected chi connectivity index (χ1v) is 6.69. The molecule has 3 N–H and O–H groups in total. The molecule has 5 heteroatoms. The average molecular weight is 323 g/mol. The van der Waals surface area contributed by atoms with E-state index in [0.717, 1.165) is 11.5 Å². The lowest BCUT2D eigenvalue weighted by Gasteiger charge is -2.13. The number of nitrogen functional groups attached to an aromatic ring is 1. The second-order valence-electron chi connectivity index (χ2n) is 4.35. The predicted octanol–water partition coefficient (Wildman–Crippen LogP) is 3.42. The minimum absolute atomic E-state index is 0.194. The summed E-state index contributed by atoms with van der Waals surface area (Å²) in [6.45, 7) is 3.74. The van der Waals surface area contributed by atoms with E-state index in [1.165, 1.54) is 0 Å². The lowest BCUT2D eigenvalue weighted by molar-refractivity contribution is 0.0934. The zero-order valence-electron chi connectivity index (χ0n) is 10.7. The van der Waals surface area contributed by atoms with Crippen LogP contribution in [0.15, 0.2) is 39.2 Å². The fraction of sp³-hybridized carbons (Fsp3) is 0.214. The topological polar surface area (TPSA) is 68.3 Å². The Morgan fingerprint density at radius 3 is 2.74 bits per heavy atom. The van der Waals surface area contributed by atoms with Crippen LogP contribution in [0.2, 0.25) is 0 Å². The molecule has 0 fully saturated rings. The first-order valence-electron chi connectivity index (χ1n) is 5.90. The van der Waals surface area contributed by atoms with Crippen LogP contribution in [0.5, 0.6) is 0 Å². The molecule has 0 aliphatic rings. The summed E-state index contributed by atoms with van der Waals surface area (Å²) in [6, 6.07) is 8.73. The number of furan rings is 1. The summed E-state index contributed by atoms with van der Waals surface area (Å²) >= 11 is 3.32. The normalized spacial score (nSPS) is 12.2.